The summed E-state index contributed by atoms with van der Waals surface area (Å²) < 4.78 is 41.5. The third kappa shape index (κ3) is 5.03. The largest absolute Gasteiger partial charge is 0.488 e. The molecule has 36 heavy (non-hydrogen) atoms. The second-order valence-corrected chi connectivity index (χ2v) is 10.9. The molecule has 4 rings (SSSR count). The SMILES string of the molecule is CCc1c2nc(-c3cc(S(=O)(=O)N4CCN(CC)CC4)ccc3O[C@H](C)COC)[nH]c(=O)c2nn1C. The van der Waals surface area contributed by atoms with E-state index in [1.807, 2.05) is 13.8 Å². The maximum Gasteiger partial charge on any atom is 0.279 e. The van der Waals surface area contributed by atoms with Crippen molar-refractivity contribution in [3.05, 3.63) is 34.2 Å². The molecule has 0 spiro atoms. The summed E-state index contributed by atoms with van der Waals surface area (Å²) in [5.74, 6) is 0.626. The Morgan fingerprint density at radius 2 is 1.86 bits per heavy atom. The van der Waals surface area contributed by atoms with Crippen molar-refractivity contribution < 1.29 is 17.9 Å². The molecule has 0 saturated carbocycles. The van der Waals surface area contributed by atoms with Crippen LogP contribution >= 0.6 is 0 Å². The lowest BCUT2D eigenvalue weighted by molar-refractivity contribution is 0.0924. The molecule has 0 unspecified atom stereocenters. The van der Waals surface area contributed by atoms with E-state index in [0.29, 0.717) is 56.0 Å². The van der Waals surface area contributed by atoms with E-state index in [-0.39, 0.29) is 22.3 Å². The number of methoxy groups -OCH3 is 1. The Bertz CT molecular complexity index is 1390. The van der Waals surface area contributed by atoms with Crippen LogP contribution in [0.25, 0.3) is 22.4 Å². The molecule has 1 aromatic carbocycles. The van der Waals surface area contributed by atoms with E-state index in [4.69, 9.17) is 14.5 Å². The number of likely N-dealkylation sites (N-methyl/N-ethyl adjacent to an activating group) is 1. The lowest BCUT2D eigenvalue weighted by Gasteiger charge is -2.33. The van der Waals surface area contributed by atoms with E-state index in [9.17, 15) is 13.2 Å². The van der Waals surface area contributed by atoms with Crippen LogP contribution in [0.4, 0.5) is 0 Å². The Morgan fingerprint density at radius 3 is 2.50 bits per heavy atom. The lowest BCUT2D eigenvalue weighted by atomic mass is 10.1. The van der Waals surface area contributed by atoms with Gasteiger partial charge in [-0.2, -0.15) is 9.40 Å². The summed E-state index contributed by atoms with van der Waals surface area (Å²) in [5, 5.41) is 4.30. The molecule has 1 atom stereocenters. The van der Waals surface area contributed by atoms with Crippen LogP contribution in [0.5, 0.6) is 5.75 Å². The van der Waals surface area contributed by atoms with Gasteiger partial charge in [0, 0.05) is 40.3 Å². The summed E-state index contributed by atoms with van der Waals surface area (Å²) in [7, 11) is -0.401. The van der Waals surface area contributed by atoms with Crippen LogP contribution in [-0.4, -0.2) is 89.9 Å². The van der Waals surface area contributed by atoms with Crippen molar-refractivity contribution in [1.29, 1.82) is 0 Å². The van der Waals surface area contributed by atoms with Gasteiger partial charge in [0.1, 0.15) is 23.2 Å². The highest BCUT2D eigenvalue weighted by Crippen LogP contribution is 2.33. The number of benzene rings is 1. The van der Waals surface area contributed by atoms with Crippen LogP contribution in [0.1, 0.15) is 26.5 Å². The smallest absolute Gasteiger partial charge is 0.279 e. The number of H-pyrrole nitrogens is 1. The second kappa shape index (κ2) is 10.7. The fourth-order valence-electron chi connectivity index (χ4n) is 4.53. The summed E-state index contributed by atoms with van der Waals surface area (Å²) >= 11 is 0. The van der Waals surface area contributed by atoms with Crippen LogP contribution in [-0.2, 0) is 28.2 Å². The van der Waals surface area contributed by atoms with E-state index >= 15 is 0 Å². The number of aryl methyl sites for hydroxylation is 2. The van der Waals surface area contributed by atoms with Crippen LogP contribution in [0, 0.1) is 0 Å². The molecule has 3 heterocycles. The number of rotatable bonds is 9. The number of piperazine rings is 1. The monoisotopic (exact) mass is 518 g/mol. The number of hydrogen-bond acceptors (Lipinski definition) is 8. The van der Waals surface area contributed by atoms with Gasteiger partial charge in [-0.05, 0) is 38.1 Å². The minimum Gasteiger partial charge on any atom is -0.488 e. The van der Waals surface area contributed by atoms with Gasteiger partial charge in [0.05, 0.1) is 22.8 Å². The molecule has 1 aliphatic rings. The van der Waals surface area contributed by atoms with Crippen LogP contribution in [0.2, 0.25) is 0 Å². The van der Waals surface area contributed by atoms with E-state index in [2.05, 4.69) is 21.9 Å². The van der Waals surface area contributed by atoms with Gasteiger partial charge in [0.25, 0.3) is 5.56 Å². The molecule has 1 saturated heterocycles. The Labute approximate surface area is 211 Å². The molecule has 12 heteroatoms. The van der Waals surface area contributed by atoms with Gasteiger partial charge < -0.3 is 19.4 Å². The average Bonchev–Trinajstić information content (AvgIpc) is 3.19. The van der Waals surface area contributed by atoms with Gasteiger partial charge >= 0.3 is 0 Å². The summed E-state index contributed by atoms with van der Waals surface area (Å²) in [5.41, 5.74) is 1.52. The molecule has 196 valence electrons. The number of nitrogens with one attached hydrogen (secondary N) is 1. The molecular formula is C24H34N6O5S. The van der Waals surface area contributed by atoms with Gasteiger partial charge in [-0.15, -0.1) is 0 Å². The summed E-state index contributed by atoms with van der Waals surface area (Å²) in [6.45, 7) is 9.32. The van der Waals surface area contributed by atoms with Crippen LogP contribution < -0.4 is 10.3 Å². The fourth-order valence-corrected chi connectivity index (χ4v) is 5.98. The van der Waals surface area contributed by atoms with Crippen molar-refractivity contribution in [2.24, 2.45) is 7.05 Å². The van der Waals surface area contributed by atoms with Crippen molar-refractivity contribution in [3.8, 4) is 17.1 Å². The number of hydrogen-bond donors (Lipinski definition) is 1. The first-order valence-corrected chi connectivity index (χ1v) is 13.6. The van der Waals surface area contributed by atoms with E-state index in [0.717, 1.165) is 12.2 Å². The highest BCUT2D eigenvalue weighted by atomic mass is 32.2. The maximum atomic E-state index is 13.5. The Morgan fingerprint density at radius 1 is 1.14 bits per heavy atom. The number of ether oxygens (including phenoxy) is 2. The number of aromatic amines is 1. The lowest BCUT2D eigenvalue weighted by Crippen LogP contribution is -2.48. The zero-order chi connectivity index (χ0) is 26.0. The molecule has 1 aliphatic heterocycles. The number of sulfonamides is 1. The normalized spacial score (nSPS) is 16.5. The summed E-state index contributed by atoms with van der Waals surface area (Å²) in [4.78, 5) is 22.7. The molecular weight excluding hydrogens is 484 g/mol. The predicted molar refractivity (Wildman–Crippen MR) is 137 cm³/mol. The van der Waals surface area contributed by atoms with E-state index in [1.165, 1.54) is 16.4 Å². The third-order valence-electron chi connectivity index (χ3n) is 6.50. The number of nitrogens with zero attached hydrogens (tertiary/aromatic N) is 5. The highest BCUT2D eigenvalue weighted by molar-refractivity contribution is 7.89. The number of aromatic nitrogens is 4. The molecule has 1 N–H and O–H groups in total. The molecule has 1 fully saturated rings. The van der Waals surface area contributed by atoms with Gasteiger partial charge in [0.15, 0.2) is 5.52 Å². The molecule has 11 nitrogen and oxygen atoms in total. The third-order valence-corrected chi connectivity index (χ3v) is 8.39. The van der Waals surface area contributed by atoms with Crippen molar-refractivity contribution in [2.45, 2.75) is 38.2 Å². The molecule has 3 aromatic rings. The first-order valence-electron chi connectivity index (χ1n) is 12.2. The van der Waals surface area contributed by atoms with Crippen LogP contribution in [0.3, 0.4) is 0 Å². The minimum atomic E-state index is -3.75. The molecule has 0 bridgehead atoms. The first kappa shape index (κ1) is 26.3. The highest BCUT2D eigenvalue weighted by Gasteiger charge is 2.29. The minimum absolute atomic E-state index is 0.124. The fraction of sp³-hybridized carbons (Fsp3) is 0.542. The predicted octanol–water partition coefficient (Wildman–Crippen LogP) is 1.63. The standard InChI is InChI=1S/C24H34N6O5S/c1-6-19-21-22(27-28(19)4)24(31)26-23(25-21)18-14-17(8-9-20(18)35-16(3)15-34-5)36(32,33)30-12-10-29(7-2)11-13-30/h8-9,14,16H,6-7,10-13,15H2,1-5H3,(H,25,26,31)/t16-/m1/s1. The van der Waals surface area contributed by atoms with Crippen LogP contribution in [0.15, 0.2) is 27.9 Å². The Hall–Kier alpha value is -2.80. The summed E-state index contributed by atoms with van der Waals surface area (Å²) in [6, 6.07) is 4.69. The number of fused-ring (bicyclic) bond motifs is 1. The zero-order valence-corrected chi connectivity index (χ0v) is 22.3. The van der Waals surface area contributed by atoms with Gasteiger partial charge in [-0.1, -0.05) is 13.8 Å². The van der Waals surface area contributed by atoms with E-state index < -0.39 is 15.6 Å². The van der Waals surface area contributed by atoms with Crippen molar-refractivity contribution in [3.63, 3.8) is 0 Å². The second-order valence-electron chi connectivity index (χ2n) is 8.92. The Balaban J connectivity index is 1.83. The molecule has 2 aromatic heterocycles. The molecule has 0 amide bonds. The quantitative estimate of drug-likeness (QED) is 0.454. The van der Waals surface area contributed by atoms with Gasteiger partial charge in [-0.25, -0.2) is 13.4 Å². The summed E-state index contributed by atoms with van der Waals surface area (Å²) in [6.07, 6.45) is 0.327. The van der Waals surface area contributed by atoms with Crippen molar-refractivity contribution in [1.82, 2.24) is 29.0 Å². The van der Waals surface area contributed by atoms with Gasteiger partial charge in [-0.3, -0.25) is 9.48 Å². The zero-order valence-electron chi connectivity index (χ0n) is 21.4. The molecule has 0 aliphatic carbocycles. The van der Waals surface area contributed by atoms with Crippen molar-refractivity contribution >= 4 is 21.1 Å². The Kier molecular flexibility index (Phi) is 7.79. The van der Waals surface area contributed by atoms with Crippen molar-refractivity contribution in [2.75, 3.05) is 46.4 Å². The topological polar surface area (TPSA) is 123 Å². The van der Waals surface area contributed by atoms with Gasteiger partial charge in [0.2, 0.25) is 10.0 Å². The average molecular weight is 519 g/mol. The maximum absolute atomic E-state index is 13.5. The van der Waals surface area contributed by atoms with E-state index in [1.54, 1.807) is 24.9 Å². The first-order chi connectivity index (χ1) is 17.2. The molecule has 0 radical (unpaired) electrons.